The molecule has 0 aliphatic heterocycles. The van der Waals surface area contributed by atoms with E-state index in [1.807, 2.05) is 42.5 Å². The number of nitriles is 1. The second kappa shape index (κ2) is 5.19. The molecule has 0 aliphatic rings. The molecule has 20 heavy (non-hydrogen) atoms. The van der Waals surface area contributed by atoms with E-state index in [-0.39, 0.29) is 0 Å². The van der Waals surface area contributed by atoms with Gasteiger partial charge in [-0.25, -0.2) is 4.98 Å². The van der Waals surface area contributed by atoms with E-state index in [2.05, 4.69) is 16.4 Å². The molecule has 4 nitrogen and oxygen atoms in total. The highest BCUT2D eigenvalue weighted by Crippen LogP contribution is 2.25. The average molecular weight is 280 g/mol. The van der Waals surface area contributed by atoms with Crippen molar-refractivity contribution >= 4 is 32.9 Å². The van der Waals surface area contributed by atoms with Crippen LogP contribution in [0.3, 0.4) is 0 Å². The van der Waals surface area contributed by atoms with Crippen molar-refractivity contribution in [2.24, 2.45) is 0 Å². The lowest BCUT2D eigenvalue weighted by Gasteiger charge is -2.07. The Morgan fingerprint density at radius 2 is 2.15 bits per heavy atom. The molecule has 0 spiro atoms. The third kappa shape index (κ3) is 2.56. The molecule has 0 amide bonds. The predicted molar refractivity (Wildman–Crippen MR) is 82.5 cm³/mol. The molecule has 3 aromatic rings. The number of nitrogens with zero attached hydrogens (tertiary/aromatic N) is 2. The van der Waals surface area contributed by atoms with Crippen LogP contribution >= 0.6 is 11.3 Å². The molecule has 0 fully saturated rings. The highest BCUT2D eigenvalue weighted by atomic mass is 32.1. The fraction of sp³-hybridized carbons (Fsp3) is 0.0667. The van der Waals surface area contributed by atoms with Gasteiger partial charge in [-0.3, -0.25) is 0 Å². The average Bonchev–Trinajstić information content (AvgIpc) is 2.87. The van der Waals surface area contributed by atoms with Crippen molar-refractivity contribution in [2.45, 2.75) is 6.54 Å². The number of fused-ring (bicyclic) bond motifs is 1. The van der Waals surface area contributed by atoms with Crippen LogP contribution in [-0.2, 0) is 6.54 Å². The smallest absolute Gasteiger partial charge is 0.195 e. The van der Waals surface area contributed by atoms with Gasteiger partial charge < -0.3 is 11.1 Å². The Morgan fingerprint density at radius 1 is 1.25 bits per heavy atom. The lowest BCUT2D eigenvalue weighted by atomic mass is 10.2. The highest BCUT2D eigenvalue weighted by Gasteiger charge is 2.04. The predicted octanol–water partition coefficient (Wildman–Crippen LogP) is 3.36. The van der Waals surface area contributed by atoms with Gasteiger partial charge in [0.05, 0.1) is 10.2 Å². The van der Waals surface area contributed by atoms with E-state index in [0.717, 1.165) is 27.2 Å². The van der Waals surface area contributed by atoms with Crippen LogP contribution < -0.4 is 11.1 Å². The van der Waals surface area contributed by atoms with Gasteiger partial charge in [-0.2, -0.15) is 5.26 Å². The van der Waals surface area contributed by atoms with Crippen molar-refractivity contribution in [1.29, 1.82) is 5.26 Å². The Balaban J connectivity index is 1.79. The number of nitrogens with two attached hydrogens (primary N) is 1. The van der Waals surface area contributed by atoms with Crippen LogP contribution in [0.5, 0.6) is 0 Å². The highest BCUT2D eigenvalue weighted by molar-refractivity contribution is 7.19. The lowest BCUT2D eigenvalue weighted by Crippen LogP contribution is -1.99. The van der Waals surface area contributed by atoms with E-state index in [9.17, 15) is 0 Å². The zero-order chi connectivity index (χ0) is 13.9. The molecule has 0 atom stereocenters. The minimum absolute atomic E-state index is 0.494. The van der Waals surface area contributed by atoms with Gasteiger partial charge in [-0.05, 0) is 35.9 Å². The number of aromatic nitrogens is 1. The molecule has 3 N–H and O–H groups in total. The number of thiazole rings is 1. The zero-order valence-corrected chi connectivity index (χ0v) is 11.4. The summed E-state index contributed by atoms with van der Waals surface area (Å²) in [5.41, 5.74) is 9.52. The van der Waals surface area contributed by atoms with Gasteiger partial charge >= 0.3 is 0 Å². The summed E-state index contributed by atoms with van der Waals surface area (Å²) in [5, 5.41) is 12.7. The summed E-state index contributed by atoms with van der Waals surface area (Å²) in [6.45, 7) is 0.709. The number of hydrogen-bond donors (Lipinski definition) is 2. The summed E-state index contributed by atoms with van der Waals surface area (Å²) in [6.07, 6.45) is 0. The van der Waals surface area contributed by atoms with Crippen LogP contribution in [0.4, 0.5) is 11.4 Å². The molecular weight excluding hydrogens is 268 g/mol. The van der Waals surface area contributed by atoms with E-state index in [0.29, 0.717) is 11.6 Å². The van der Waals surface area contributed by atoms with Crippen LogP contribution in [0.1, 0.15) is 10.6 Å². The normalized spacial score (nSPS) is 10.3. The summed E-state index contributed by atoms with van der Waals surface area (Å²) in [4.78, 5) is 4.22. The Hall–Kier alpha value is -2.58. The molecule has 0 unspecified atom stereocenters. The van der Waals surface area contributed by atoms with Crippen molar-refractivity contribution in [3.8, 4) is 6.07 Å². The molecule has 1 heterocycles. The number of nitrogens with one attached hydrogen (secondary N) is 1. The molecule has 0 saturated carbocycles. The lowest BCUT2D eigenvalue weighted by molar-refractivity contribution is 1.15. The Labute approximate surface area is 120 Å². The molecule has 0 saturated heterocycles. The molecule has 2 aromatic carbocycles. The standard InChI is InChI=1S/C15H12N4S/c16-8-15-19-13-5-4-12(7-14(13)20-15)18-9-10-2-1-3-11(17)6-10/h1-7,18H,9,17H2. The maximum atomic E-state index is 8.86. The first-order valence-corrected chi connectivity index (χ1v) is 6.95. The first-order chi connectivity index (χ1) is 9.74. The van der Waals surface area contributed by atoms with Crippen molar-refractivity contribution in [2.75, 3.05) is 11.1 Å². The van der Waals surface area contributed by atoms with Gasteiger partial charge in [0.1, 0.15) is 6.07 Å². The molecule has 3 rings (SSSR count). The van der Waals surface area contributed by atoms with Crippen LogP contribution in [0, 0.1) is 11.3 Å². The van der Waals surface area contributed by atoms with Gasteiger partial charge in [-0.15, -0.1) is 11.3 Å². The first kappa shape index (κ1) is 12.5. The number of anilines is 2. The summed E-state index contributed by atoms with van der Waals surface area (Å²) in [6, 6.07) is 15.8. The van der Waals surface area contributed by atoms with Gasteiger partial charge in [0.2, 0.25) is 0 Å². The quantitative estimate of drug-likeness (QED) is 0.721. The molecular formula is C15H12N4S. The van der Waals surface area contributed by atoms with Gasteiger partial charge in [0, 0.05) is 17.9 Å². The van der Waals surface area contributed by atoms with E-state index in [1.165, 1.54) is 11.3 Å². The maximum Gasteiger partial charge on any atom is 0.195 e. The maximum absolute atomic E-state index is 8.86. The summed E-state index contributed by atoms with van der Waals surface area (Å²) < 4.78 is 1.01. The summed E-state index contributed by atoms with van der Waals surface area (Å²) in [7, 11) is 0. The van der Waals surface area contributed by atoms with Gasteiger partial charge in [-0.1, -0.05) is 12.1 Å². The number of hydrogen-bond acceptors (Lipinski definition) is 5. The second-order valence-corrected chi connectivity index (χ2v) is 5.44. The first-order valence-electron chi connectivity index (χ1n) is 6.13. The minimum Gasteiger partial charge on any atom is -0.399 e. The SMILES string of the molecule is N#Cc1nc2ccc(NCc3cccc(N)c3)cc2s1. The summed E-state index contributed by atoms with van der Waals surface area (Å²) in [5.74, 6) is 0. The Kier molecular flexibility index (Phi) is 3.23. The van der Waals surface area contributed by atoms with Crippen LogP contribution in [0.15, 0.2) is 42.5 Å². The zero-order valence-electron chi connectivity index (χ0n) is 10.6. The van der Waals surface area contributed by atoms with Crippen molar-refractivity contribution in [1.82, 2.24) is 4.98 Å². The monoisotopic (exact) mass is 280 g/mol. The summed E-state index contributed by atoms with van der Waals surface area (Å²) >= 11 is 1.40. The largest absolute Gasteiger partial charge is 0.399 e. The number of benzene rings is 2. The third-order valence-electron chi connectivity index (χ3n) is 2.93. The molecule has 98 valence electrons. The van der Waals surface area contributed by atoms with E-state index >= 15 is 0 Å². The molecule has 5 heteroatoms. The Morgan fingerprint density at radius 3 is 2.95 bits per heavy atom. The van der Waals surface area contributed by atoms with Crippen LogP contribution in [0.2, 0.25) is 0 Å². The van der Waals surface area contributed by atoms with E-state index < -0.39 is 0 Å². The Bertz CT molecular complexity index is 801. The number of nitrogen functional groups attached to an aromatic ring is 1. The fourth-order valence-electron chi connectivity index (χ4n) is 1.99. The van der Waals surface area contributed by atoms with E-state index in [4.69, 9.17) is 11.0 Å². The topological polar surface area (TPSA) is 74.7 Å². The van der Waals surface area contributed by atoms with E-state index in [1.54, 1.807) is 0 Å². The van der Waals surface area contributed by atoms with Crippen molar-refractivity contribution in [3.63, 3.8) is 0 Å². The minimum atomic E-state index is 0.494. The van der Waals surface area contributed by atoms with Gasteiger partial charge in [0.25, 0.3) is 0 Å². The van der Waals surface area contributed by atoms with Crippen molar-refractivity contribution < 1.29 is 0 Å². The molecule has 0 radical (unpaired) electrons. The van der Waals surface area contributed by atoms with Gasteiger partial charge in [0.15, 0.2) is 5.01 Å². The fourth-order valence-corrected chi connectivity index (χ4v) is 2.79. The second-order valence-electron chi connectivity index (χ2n) is 4.41. The molecule has 0 bridgehead atoms. The third-order valence-corrected chi connectivity index (χ3v) is 3.85. The van der Waals surface area contributed by atoms with Crippen LogP contribution in [-0.4, -0.2) is 4.98 Å². The number of rotatable bonds is 3. The van der Waals surface area contributed by atoms with Crippen LogP contribution in [0.25, 0.3) is 10.2 Å². The molecule has 0 aliphatic carbocycles. The molecule has 1 aromatic heterocycles. The van der Waals surface area contributed by atoms with Crippen molar-refractivity contribution in [3.05, 3.63) is 53.0 Å².